The molecule has 4 rings (SSSR count). The van der Waals surface area contributed by atoms with Gasteiger partial charge in [0.25, 0.3) is 10.2 Å². The second kappa shape index (κ2) is 9.43. The predicted octanol–water partition coefficient (Wildman–Crippen LogP) is 2.52. The molecular weight excluding hydrogens is 459 g/mol. The molecule has 0 bridgehead atoms. The van der Waals surface area contributed by atoms with Crippen molar-refractivity contribution in [3.05, 3.63) is 59.4 Å². The van der Waals surface area contributed by atoms with Gasteiger partial charge in [0.2, 0.25) is 0 Å². The van der Waals surface area contributed by atoms with E-state index in [2.05, 4.69) is 14.4 Å². The number of H-pyrrole nitrogens is 1. The molecule has 1 atom stereocenters. The quantitative estimate of drug-likeness (QED) is 0.322. The molecule has 1 heterocycles. The fourth-order valence-corrected chi connectivity index (χ4v) is 5.16. The van der Waals surface area contributed by atoms with Gasteiger partial charge in [0.15, 0.2) is 0 Å². The third-order valence-electron chi connectivity index (χ3n) is 5.92. The minimum Gasteiger partial charge on any atom is -0.394 e. The van der Waals surface area contributed by atoms with E-state index in [1.165, 1.54) is 18.2 Å². The molecule has 1 aliphatic carbocycles. The molecule has 0 radical (unpaired) electrons. The number of aromatic nitrogens is 1. The molecule has 7 nitrogen and oxygen atoms in total. The highest BCUT2D eigenvalue weighted by atomic mass is 32.2. The molecule has 1 saturated carbocycles. The molecular formula is C22H24F3N3O4S. The summed E-state index contributed by atoms with van der Waals surface area (Å²) in [6, 6.07) is 7.78. The zero-order valence-electron chi connectivity index (χ0n) is 17.5. The van der Waals surface area contributed by atoms with Crippen molar-refractivity contribution >= 4 is 21.1 Å². The maximum Gasteiger partial charge on any atom is 0.277 e. The van der Waals surface area contributed by atoms with Crippen LogP contribution in [0, 0.1) is 23.4 Å². The van der Waals surface area contributed by atoms with Crippen LogP contribution in [0.5, 0.6) is 0 Å². The number of hydrogen-bond donors (Lipinski definition) is 5. The fourth-order valence-electron chi connectivity index (χ4n) is 4.20. The molecule has 2 aromatic carbocycles. The SMILES string of the molecule is O=S(=O)(NC[C@@H](O)CO)NC[C@H]1C[C@H](c2c(-c3ccc(F)cc3)[nH]c3c(F)cc(F)cc32)C1. The van der Waals surface area contributed by atoms with Crippen LogP contribution in [0.25, 0.3) is 22.2 Å². The number of hydrogen-bond acceptors (Lipinski definition) is 4. The molecule has 178 valence electrons. The summed E-state index contributed by atoms with van der Waals surface area (Å²) in [5.41, 5.74) is 2.11. The highest BCUT2D eigenvalue weighted by Crippen LogP contribution is 2.48. The van der Waals surface area contributed by atoms with Crippen molar-refractivity contribution in [2.45, 2.75) is 24.9 Å². The smallest absolute Gasteiger partial charge is 0.277 e. The topological polar surface area (TPSA) is 114 Å². The average Bonchev–Trinajstić information content (AvgIpc) is 3.11. The number of rotatable bonds is 9. The number of aromatic amines is 1. The molecule has 5 N–H and O–H groups in total. The summed E-state index contributed by atoms with van der Waals surface area (Å²) in [5.74, 6) is -1.91. The average molecular weight is 484 g/mol. The van der Waals surface area contributed by atoms with Gasteiger partial charge in [-0.25, -0.2) is 17.9 Å². The Bertz CT molecular complexity index is 1240. The molecule has 3 aromatic rings. The van der Waals surface area contributed by atoms with Gasteiger partial charge in [0.05, 0.1) is 23.9 Å². The van der Waals surface area contributed by atoms with E-state index in [4.69, 9.17) is 5.11 Å². The van der Waals surface area contributed by atoms with E-state index in [0.29, 0.717) is 29.5 Å². The lowest BCUT2D eigenvalue weighted by Crippen LogP contribution is -2.44. The minimum absolute atomic E-state index is 0.00114. The van der Waals surface area contributed by atoms with Crippen LogP contribution in [0.2, 0.25) is 0 Å². The van der Waals surface area contributed by atoms with Gasteiger partial charge in [-0.1, -0.05) is 0 Å². The number of halogens is 3. The summed E-state index contributed by atoms with van der Waals surface area (Å²) in [6.45, 7) is -0.723. The Balaban J connectivity index is 1.52. The Morgan fingerprint density at radius 1 is 1.06 bits per heavy atom. The van der Waals surface area contributed by atoms with Crippen LogP contribution in [0.4, 0.5) is 13.2 Å². The fraction of sp³-hybridized carbons (Fsp3) is 0.364. The van der Waals surface area contributed by atoms with Crippen LogP contribution in [0.3, 0.4) is 0 Å². The molecule has 11 heteroatoms. The molecule has 33 heavy (non-hydrogen) atoms. The highest BCUT2D eigenvalue weighted by molar-refractivity contribution is 7.87. The normalized spacial score (nSPS) is 19.5. The number of aliphatic hydroxyl groups is 2. The first-order valence-corrected chi connectivity index (χ1v) is 11.9. The number of nitrogens with one attached hydrogen (secondary N) is 3. The summed E-state index contributed by atoms with van der Waals surface area (Å²) in [5, 5.41) is 18.5. The maximum absolute atomic E-state index is 14.4. The third-order valence-corrected chi connectivity index (χ3v) is 7.02. The standard InChI is InChI=1S/C22H24F3N3O4S/c23-15-3-1-13(2-4-15)21-20(18-7-16(24)8-19(25)22(18)28-21)14-5-12(6-14)9-26-33(31,32)27-10-17(30)11-29/h1-4,7-8,12,14,17,26-30H,5-6,9-11H2/t12-,14-,17-/m1/s1. The van der Waals surface area contributed by atoms with E-state index < -0.39 is 40.4 Å². The Hall–Kier alpha value is -2.44. The summed E-state index contributed by atoms with van der Waals surface area (Å²) in [6.07, 6.45) is -0.0236. The van der Waals surface area contributed by atoms with Crippen LogP contribution < -0.4 is 9.44 Å². The summed E-state index contributed by atoms with van der Waals surface area (Å²) in [7, 11) is -3.84. The minimum atomic E-state index is -3.84. The van der Waals surface area contributed by atoms with Gasteiger partial charge in [-0.05, 0) is 66.1 Å². The van der Waals surface area contributed by atoms with Gasteiger partial charge >= 0.3 is 0 Å². The molecule has 0 spiro atoms. The molecule has 1 aromatic heterocycles. The number of benzene rings is 2. The molecule has 1 fully saturated rings. The van der Waals surface area contributed by atoms with Gasteiger partial charge in [0, 0.05) is 24.5 Å². The van der Waals surface area contributed by atoms with Gasteiger partial charge in [-0.15, -0.1) is 0 Å². The first kappa shape index (κ1) is 23.7. The van der Waals surface area contributed by atoms with Crippen molar-refractivity contribution in [3.63, 3.8) is 0 Å². The summed E-state index contributed by atoms with van der Waals surface area (Å²) < 4.78 is 70.4. The van der Waals surface area contributed by atoms with E-state index in [1.54, 1.807) is 12.1 Å². The molecule has 0 saturated heterocycles. The van der Waals surface area contributed by atoms with E-state index >= 15 is 0 Å². The first-order chi connectivity index (χ1) is 15.7. The van der Waals surface area contributed by atoms with Crippen LogP contribution in [-0.2, 0) is 10.2 Å². The predicted molar refractivity (Wildman–Crippen MR) is 117 cm³/mol. The van der Waals surface area contributed by atoms with Crippen LogP contribution in [0.15, 0.2) is 36.4 Å². The Morgan fingerprint density at radius 3 is 2.42 bits per heavy atom. The lowest BCUT2D eigenvalue weighted by molar-refractivity contribution is 0.0987. The summed E-state index contributed by atoms with van der Waals surface area (Å²) in [4.78, 5) is 3.02. The largest absolute Gasteiger partial charge is 0.394 e. The number of fused-ring (bicyclic) bond motifs is 1. The van der Waals surface area contributed by atoms with Crippen molar-refractivity contribution in [1.82, 2.24) is 14.4 Å². The van der Waals surface area contributed by atoms with Crippen molar-refractivity contribution in [2.75, 3.05) is 19.7 Å². The molecule has 0 unspecified atom stereocenters. The summed E-state index contributed by atoms with van der Waals surface area (Å²) >= 11 is 0. The van der Waals surface area contributed by atoms with E-state index in [-0.39, 0.29) is 30.4 Å². The van der Waals surface area contributed by atoms with E-state index in [0.717, 1.165) is 11.6 Å². The van der Waals surface area contributed by atoms with Crippen molar-refractivity contribution in [1.29, 1.82) is 0 Å². The second-order valence-corrected chi connectivity index (χ2v) is 9.89. The number of aliphatic hydroxyl groups excluding tert-OH is 2. The van der Waals surface area contributed by atoms with Gasteiger partial charge in [0.1, 0.15) is 17.5 Å². The highest BCUT2D eigenvalue weighted by Gasteiger charge is 2.35. The second-order valence-electron chi connectivity index (χ2n) is 8.30. The molecule has 1 aliphatic rings. The van der Waals surface area contributed by atoms with Gasteiger partial charge in [-0.2, -0.15) is 13.1 Å². The maximum atomic E-state index is 14.4. The van der Waals surface area contributed by atoms with Crippen molar-refractivity contribution in [3.8, 4) is 11.3 Å². The Labute approximate surface area is 188 Å². The monoisotopic (exact) mass is 483 g/mol. The Morgan fingerprint density at radius 2 is 1.76 bits per heavy atom. The lowest BCUT2D eigenvalue weighted by Gasteiger charge is -2.36. The Kier molecular flexibility index (Phi) is 6.78. The van der Waals surface area contributed by atoms with E-state index in [9.17, 15) is 26.7 Å². The van der Waals surface area contributed by atoms with Crippen molar-refractivity contribution < 1.29 is 31.8 Å². The zero-order chi connectivity index (χ0) is 23.8. The van der Waals surface area contributed by atoms with Gasteiger partial charge in [-0.3, -0.25) is 0 Å². The van der Waals surface area contributed by atoms with E-state index in [1.807, 2.05) is 0 Å². The van der Waals surface area contributed by atoms with Crippen LogP contribution >= 0.6 is 0 Å². The first-order valence-electron chi connectivity index (χ1n) is 10.5. The lowest BCUT2D eigenvalue weighted by atomic mass is 9.70. The molecule has 0 aliphatic heterocycles. The van der Waals surface area contributed by atoms with Crippen molar-refractivity contribution in [2.24, 2.45) is 5.92 Å². The molecule has 0 amide bonds. The zero-order valence-corrected chi connectivity index (χ0v) is 18.3. The van der Waals surface area contributed by atoms with Gasteiger partial charge < -0.3 is 15.2 Å². The van der Waals surface area contributed by atoms with Crippen LogP contribution in [0.1, 0.15) is 24.3 Å². The van der Waals surface area contributed by atoms with Crippen LogP contribution in [-0.4, -0.2) is 49.4 Å². The third kappa shape index (κ3) is 5.22.